The third-order valence-electron chi connectivity index (χ3n) is 4.83. The van der Waals surface area contributed by atoms with Gasteiger partial charge in [-0.05, 0) is 37.5 Å². The summed E-state index contributed by atoms with van der Waals surface area (Å²) in [5.41, 5.74) is 4.51. The lowest BCUT2D eigenvalue weighted by Gasteiger charge is -2.31. The number of ether oxygens (including phenoxy) is 1. The molecule has 0 aliphatic heterocycles. The van der Waals surface area contributed by atoms with Gasteiger partial charge < -0.3 is 15.2 Å². The van der Waals surface area contributed by atoms with Crippen molar-refractivity contribution in [3.63, 3.8) is 0 Å². The van der Waals surface area contributed by atoms with E-state index in [1.54, 1.807) is 22.4 Å². The molecule has 1 aromatic carbocycles. The molecule has 1 atom stereocenters. The number of nitrogens with zero attached hydrogens (tertiary/aromatic N) is 4. The van der Waals surface area contributed by atoms with E-state index in [1.165, 1.54) is 11.3 Å². The molecule has 2 N–H and O–H groups in total. The van der Waals surface area contributed by atoms with E-state index in [1.807, 2.05) is 31.2 Å². The Morgan fingerprint density at radius 3 is 2.87 bits per heavy atom. The maximum atomic E-state index is 11.3. The van der Waals surface area contributed by atoms with Gasteiger partial charge >= 0.3 is 6.09 Å². The van der Waals surface area contributed by atoms with Crippen LogP contribution in [0.25, 0.3) is 27.1 Å². The Bertz CT molecular complexity index is 1200. The van der Waals surface area contributed by atoms with Crippen LogP contribution in [0.3, 0.4) is 0 Å². The van der Waals surface area contributed by atoms with Crippen LogP contribution in [0.5, 0.6) is 5.75 Å². The summed E-state index contributed by atoms with van der Waals surface area (Å²) in [6, 6.07) is 7.64. The Morgan fingerprint density at radius 2 is 2.10 bits per heavy atom. The van der Waals surface area contributed by atoms with Crippen LogP contribution in [0, 0.1) is 5.92 Å². The van der Waals surface area contributed by atoms with Crippen LogP contribution in [-0.4, -0.2) is 42.9 Å². The van der Waals surface area contributed by atoms with Gasteiger partial charge in [0, 0.05) is 17.8 Å². The van der Waals surface area contributed by atoms with E-state index in [4.69, 9.17) is 4.74 Å². The fourth-order valence-corrected chi connectivity index (χ4v) is 4.65. The largest absolute Gasteiger partial charge is 0.489 e. The molecule has 0 fully saturated rings. The lowest BCUT2D eigenvalue weighted by atomic mass is 9.91. The normalized spacial score (nSPS) is 13.6. The third kappa shape index (κ3) is 3.93. The van der Waals surface area contributed by atoms with Crippen molar-refractivity contribution >= 4 is 33.3 Å². The molecule has 0 saturated carbocycles. The summed E-state index contributed by atoms with van der Waals surface area (Å²) in [6.45, 7) is 6.18. The first kappa shape index (κ1) is 20.1. The lowest BCUT2D eigenvalue weighted by molar-refractivity contribution is 0.144. The van der Waals surface area contributed by atoms with E-state index >= 15 is 0 Å². The van der Waals surface area contributed by atoms with Crippen LogP contribution in [0.1, 0.15) is 27.2 Å². The summed E-state index contributed by atoms with van der Waals surface area (Å²) in [5.74, 6) is 0.943. The van der Waals surface area contributed by atoms with E-state index < -0.39 is 11.6 Å². The second-order valence-electron chi connectivity index (χ2n) is 7.95. The van der Waals surface area contributed by atoms with Gasteiger partial charge in [-0.2, -0.15) is 5.10 Å². The number of thiazole rings is 1. The van der Waals surface area contributed by atoms with Gasteiger partial charge in [0.05, 0.1) is 27.6 Å². The first-order valence-electron chi connectivity index (χ1n) is 9.65. The molecule has 9 heteroatoms. The van der Waals surface area contributed by atoms with Crippen LogP contribution < -0.4 is 10.1 Å². The van der Waals surface area contributed by atoms with E-state index in [0.29, 0.717) is 18.1 Å². The molecule has 4 aromatic rings. The fraction of sp³-hybridized carbons (Fsp3) is 0.333. The third-order valence-corrected chi connectivity index (χ3v) is 5.69. The Morgan fingerprint density at radius 1 is 1.27 bits per heavy atom. The molecular weight excluding hydrogens is 402 g/mol. The predicted molar refractivity (Wildman–Crippen MR) is 116 cm³/mol. The molecule has 0 spiro atoms. The number of rotatable bonds is 7. The maximum Gasteiger partial charge on any atom is 0.405 e. The highest BCUT2D eigenvalue weighted by Crippen LogP contribution is 2.36. The van der Waals surface area contributed by atoms with Crippen molar-refractivity contribution in [2.24, 2.45) is 5.92 Å². The predicted octanol–water partition coefficient (Wildman–Crippen LogP) is 4.46. The number of fused-ring (bicyclic) bond motifs is 2. The molecule has 1 unspecified atom stereocenters. The van der Waals surface area contributed by atoms with Crippen molar-refractivity contribution < 1.29 is 14.6 Å². The summed E-state index contributed by atoms with van der Waals surface area (Å²) in [6.07, 6.45) is 3.08. The molecule has 3 heterocycles. The van der Waals surface area contributed by atoms with Crippen LogP contribution in [0.15, 0.2) is 42.2 Å². The number of carboxylic acid groups (broad SMARTS) is 1. The SMILES string of the molecule is CC(C)CC(C)(COc1ccc(-c2ccnc3ccnn23)c2scnc12)NC(=O)O. The second-order valence-corrected chi connectivity index (χ2v) is 8.80. The monoisotopic (exact) mass is 425 g/mol. The average molecular weight is 426 g/mol. The topological polar surface area (TPSA) is 102 Å². The highest BCUT2D eigenvalue weighted by Gasteiger charge is 2.29. The van der Waals surface area contributed by atoms with E-state index in [0.717, 1.165) is 27.1 Å². The van der Waals surface area contributed by atoms with E-state index in [9.17, 15) is 9.90 Å². The Kier molecular flexibility index (Phi) is 5.29. The Labute approximate surface area is 177 Å². The van der Waals surface area contributed by atoms with Gasteiger partial charge in [0.2, 0.25) is 0 Å². The molecule has 8 nitrogen and oxygen atoms in total. The molecule has 0 aliphatic rings. The first-order valence-corrected chi connectivity index (χ1v) is 10.5. The molecular formula is C21H23N5O3S. The molecule has 0 aliphatic carbocycles. The standard InChI is InChI=1S/C21H23N5O3S/c1-13(2)10-21(3,25-20(27)28)11-29-16-5-4-14(19-18(16)23-12-30-19)15-6-8-22-17-7-9-24-26(15)17/h4-9,12-13,25H,10-11H2,1-3H3,(H,27,28). The van der Waals surface area contributed by atoms with Crippen molar-refractivity contribution in [3.8, 4) is 17.0 Å². The van der Waals surface area contributed by atoms with Crippen molar-refractivity contribution in [2.45, 2.75) is 32.7 Å². The number of amides is 1. The summed E-state index contributed by atoms with van der Waals surface area (Å²) < 4.78 is 8.87. The van der Waals surface area contributed by atoms with Crippen molar-refractivity contribution in [2.75, 3.05) is 6.61 Å². The quantitative estimate of drug-likeness (QED) is 0.453. The highest BCUT2D eigenvalue weighted by atomic mass is 32.1. The molecule has 1 amide bonds. The minimum atomic E-state index is -1.06. The summed E-state index contributed by atoms with van der Waals surface area (Å²) in [4.78, 5) is 20.1. The second kappa shape index (κ2) is 7.91. The van der Waals surface area contributed by atoms with Crippen LogP contribution in [-0.2, 0) is 0 Å². The van der Waals surface area contributed by atoms with Gasteiger partial charge in [-0.25, -0.2) is 19.3 Å². The number of hydrogen-bond acceptors (Lipinski definition) is 6. The van der Waals surface area contributed by atoms with Gasteiger partial charge in [-0.3, -0.25) is 0 Å². The minimum absolute atomic E-state index is 0.210. The molecule has 0 saturated heterocycles. The molecule has 156 valence electrons. The van der Waals surface area contributed by atoms with Crippen LogP contribution >= 0.6 is 11.3 Å². The molecule has 30 heavy (non-hydrogen) atoms. The maximum absolute atomic E-state index is 11.3. The van der Waals surface area contributed by atoms with Gasteiger partial charge in [0.25, 0.3) is 0 Å². The van der Waals surface area contributed by atoms with Crippen molar-refractivity contribution in [3.05, 3.63) is 42.2 Å². The van der Waals surface area contributed by atoms with Gasteiger partial charge in [-0.15, -0.1) is 11.3 Å². The Hall–Kier alpha value is -3.20. The van der Waals surface area contributed by atoms with Gasteiger partial charge in [0.1, 0.15) is 17.9 Å². The van der Waals surface area contributed by atoms with E-state index in [-0.39, 0.29) is 6.61 Å². The van der Waals surface area contributed by atoms with Crippen molar-refractivity contribution in [1.29, 1.82) is 0 Å². The summed E-state index contributed by atoms with van der Waals surface area (Å²) >= 11 is 1.53. The van der Waals surface area contributed by atoms with Gasteiger partial charge in [0.15, 0.2) is 5.65 Å². The van der Waals surface area contributed by atoms with Crippen LogP contribution in [0.2, 0.25) is 0 Å². The molecule has 4 rings (SSSR count). The van der Waals surface area contributed by atoms with Crippen molar-refractivity contribution in [1.82, 2.24) is 24.9 Å². The fourth-order valence-electron chi connectivity index (χ4n) is 3.83. The first-order chi connectivity index (χ1) is 14.4. The van der Waals surface area contributed by atoms with Gasteiger partial charge in [-0.1, -0.05) is 13.8 Å². The smallest absolute Gasteiger partial charge is 0.405 e. The molecule has 3 aromatic heterocycles. The number of aromatic nitrogens is 4. The summed E-state index contributed by atoms with van der Waals surface area (Å²) in [7, 11) is 0. The number of hydrogen-bond donors (Lipinski definition) is 2. The Balaban J connectivity index is 1.67. The number of carbonyl (C=O) groups is 1. The zero-order valence-corrected chi connectivity index (χ0v) is 17.8. The average Bonchev–Trinajstić information content (AvgIpc) is 3.34. The van der Waals surface area contributed by atoms with E-state index in [2.05, 4.69) is 34.2 Å². The zero-order valence-electron chi connectivity index (χ0n) is 17.0. The van der Waals surface area contributed by atoms with Crippen LogP contribution in [0.4, 0.5) is 4.79 Å². The minimum Gasteiger partial charge on any atom is -0.489 e. The highest BCUT2D eigenvalue weighted by molar-refractivity contribution is 7.17. The number of nitrogens with one attached hydrogen (secondary N) is 1. The molecule has 0 bridgehead atoms. The number of benzene rings is 1. The zero-order chi connectivity index (χ0) is 21.3. The molecule has 0 radical (unpaired) electrons. The summed E-state index contributed by atoms with van der Waals surface area (Å²) in [5, 5.41) is 16.2. The lowest BCUT2D eigenvalue weighted by Crippen LogP contribution is -2.50.